The van der Waals surface area contributed by atoms with E-state index in [9.17, 15) is 17.6 Å². The fraction of sp³-hybridized carbons (Fsp3) is 0.667. The molecule has 0 aliphatic carbocycles. The molecule has 2 aromatic rings. The number of aromatic nitrogens is 2. The van der Waals surface area contributed by atoms with Gasteiger partial charge in [-0.3, -0.25) is 4.79 Å². The average Bonchev–Trinajstić information content (AvgIpc) is 3.56. The van der Waals surface area contributed by atoms with Gasteiger partial charge < -0.3 is 28.9 Å². The minimum absolute atomic E-state index is 0.0768. The molecule has 264 valence electrons. The van der Waals surface area contributed by atoms with Crippen molar-refractivity contribution in [3.05, 3.63) is 42.1 Å². The lowest BCUT2D eigenvalue weighted by molar-refractivity contribution is -0.0299. The van der Waals surface area contributed by atoms with Crippen LogP contribution < -0.4 is 19.1 Å². The molecule has 15 heteroatoms. The molecule has 2 N–H and O–H groups in total. The Hall–Kier alpha value is -2.95. The number of hydrogen-bond donors (Lipinski definition) is 2. The van der Waals surface area contributed by atoms with E-state index in [1.165, 1.54) is 24.5 Å². The number of hydrogen-bond acceptors (Lipinski definition) is 10. The Kier molecular flexibility index (Phi) is 10.8. The summed E-state index contributed by atoms with van der Waals surface area (Å²) < 4.78 is 61.5. The predicted molar refractivity (Wildman–Crippen MR) is 178 cm³/mol. The number of carbonyl (C=O) groups excluding carboxylic acids is 1. The molecular weight excluding hydrogens is 641 g/mol. The van der Waals surface area contributed by atoms with Gasteiger partial charge in [-0.1, -0.05) is 6.92 Å². The van der Waals surface area contributed by atoms with Gasteiger partial charge in [-0.2, -0.15) is 13.1 Å². The molecule has 3 atom stereocenters. The first-order chi connectivity index (χ1) is 23.0. The van der Waals surface area contributed by atoms with Gasteiger partial charge in [-0.15, -0.1) is 0 Å². The van der Waals surface area contributed by atoms with Gasteiger partial charge in [0.05, 0.1) is 37.1 Å². The quantitative estimate of drug-likeness (QED) is 0.342. The number of nitrogens with zero attached hydrogens (tertiary/aromatic N) is 5. The van der Waals surface area contributed by atoms with Crippen LogP contribution in [0.25, 0.3) is 0 Å². The Labute approximate surface area is 282 Å². The summed E-state index contributed by atoms with van der Waals surface area (Å²) in [7, 11) is -3.49. The molecule has 1 spiro atoms. The number of benzene rings is 1. The molecule has 1 amide bonds. The molecule has 4 aliphatic heterocycles. The van der Waals surface area contributed by atoms with E-state index in [1.54, 1.807) is 18.0 Å². The van der Waals surface area contributed by atoms with Crippen molar-refractivity contribution in [2.45, 2.75) is 77.1 Å². The molecule has 1 aromatic carbocycles. The predicted octanol–water partition coefficient (Wildman–Crippen LogP) is 2.94. The minimum atomic E-state index is -3.49. The van der Waals surface area contributed by atoms with E-state index in [2.05, 4.69) is 29.2 Å². The number of rotatable bonds is 12. The lowest BCUT2D eigenvalue weighted by Gasteiger charge is -2.54. The standard InChI is InChI=1S/C33H48FN7O6S/c1-4-37-48(43,44)38-25-6-7-27(46-18-25)17-39-12-10-33(11-13-39)20-40(21-33)31-30(16-35-22-36-31)47-29-8-5-24(34)15-28(29)32(42)41(23(2)3)26-9-14-45-19-26/h5,8,15-16,22-23,25-27,37-38H,4,6-7,9-14,17-21H2,1-3H3/t25-,26-,27+/m1/s1. The molecule has 4 aliphatic rings. The van der Waals surface area contributed by atoms with Crippen molar-refractivity contribution in [2.75, 3.05) is 64.0 Å². The van der Waals surface area contributed by atoms with Crippen LogP contribution in [0.3, 0.4) is 0 Å². The van der Waals surface area contributed by atoms with Crippen molar-refractivity contribution in [1.82, 2.24) is 29.2 Å². The van der Waals surface area contributed by atoms with Crippen LogP contribution >= 0.6 is 0 Å². The maximum Gasteiger partial charge on any atom is 0.277 e. The lowest BCUT2D eigenvalue weighted by atomic mass is 9.72. The van der Waals surface area contributed by atoms with Crippen LogP contribution in [0.2, 0.25) is 0 Å². The Balaban J connectivity index is 1.04. The summed E-state index contributed by atoms with van der Waals surface area (Å²) >= 11 is 0. The molecule has 48 heavy (non-hydrogen) atoms. The van der Waals surface area contributed by atoms with Gasteiger partial charge in [0, 0.05) is 50.3 Å². The van der Waals surface area contributed by atoms with Crippen molar-refractivity contribution < 1.29 is 31.8 Å². The van der Waals surface area contributed by atoms with Gasteiger partial charge in [-0.25, -0.2) is 19.1 Å². The van der Waals surface area contributed by atoms with E-state index in [4.69, 9.17) is 14.2 Å². The number of halogens is 1. The Bertz CT molecular complexity index is 1520. The highest BCUT2D eigenvalue weighted by molar-refractivity contribution is 7.87. The third-order valence-corrected chi connectivity index (χ3v) is 11.2. The van der Waals surface area contributed by atoms with Crippen LogP contribution in [-0.2, 0) is 19.7 Å². The second-order valence-corrected chi connectivity index (χ2v) is 15.3. The topological polar surface area (TPSA) is 138 Å². The molecule has 1 aromatic heterocycles. The third-order valence-electron chi connectivity index (χ3n) is 9.90. The Morgan fingerprint density at radius 2 is 1.96 bits per heavy atom. The Morgan fingerprint density at radius 1 is 1.17 bits per heavy atom. The first-order valence-electron chi connectivity index (χ1n) is 17.1. The van der Waals surface area contributed by atoms with Crippen molar-refractivity contribution >= 4 is 21.9 Å². The number of nitrogens with one attached hydrogen (secondary N) is 2. The van der Waals surface area contributed by atoms with E-state index in [0.717, 1.165) is 64.8 Å². The van der Waals surface area contributed by atoms with Crippen molar-refractivity contribution in [3.63, 3.8) is 0 Å². The van der Waals surface area contributed by atoms with Gasteiger partial charge in [0.2, 0.25) is 0 Å². The van der Waals surface area contributed by atoms with E-state index in [1.807, 2.05) is 13.8 Å². The van der Waals surface area contributed by atoms with Crippen molar-refractivity contribution in [1.29, 1.82) is 0 Å². The largest absolute Gasteiger partial charge is 0.451 e. The summed E-state index contributed by atoms with van der Waals surface area (Å²) in [6.07, 6.45) is 7.59. The second kappa shape index (κ2) is 14.9. The average molecular weight is 690 g/mol. The van der Waals surface area contributed by atoms with E-state index < -0.39 is 16.0 Å². The van der Waals surface area contributed by atoms with Crippen molar-refractivity contribution in [3.8, 4) is 11.5 Å². The van der Waals surface area contributed by atoms with E-state index in [0.29, 0.717) is 37.9 Å². The van der Waals surface area contributed by atoms with E-state index >= 15 is 0 Å². The van der Waals surface area contributed by atoms with Crippen LogP contribution in [0.4, 0.5) is 10.2 Å². The van der Waals surface area contributed by atoms with Crippen LogP contribution in [0, 0.1) is 11.2 Å². The summed E-state index contributed by atoms with van der Waals surface area (Å²) in [5.74, 6) is 0.531. The maximum atomic E-state index is 14.5. The number of piperidine rings is 1. The number of likely N-dealkylation sites (tertiary alicyclic amines) is 1. The number of amides is 1. The summed E-state index contributed by atoms with van der Waals surface area (Å²) in [5.41, 5.74) is 0.338. The van der Waals surface area contributed by atoms with Gasteiger partial charge in [0.15, 0.2) is 11.6 Å². The monoisotopic (exact) mass is 689 g/mol. The summed E-state index contributed by atoms with van der Waals surface area (Å²) in [6, 6.07) is 3.65. The van der Waals surface area contributed by atoms with Gasteiger partial charge >= 0.3 is 0 Å². The summed E-state index contributed by atoms with van der Waals surface area (Å²) in [4.78, 5) is 29.0. The van der Waals surface area contributed by atoms with Crippen LogP contribution in [0.5, 0.6) is 11.5 Å². The first kappa shape index (κ1) is 34.9. The van der Waals surface area contributed by atoms with Crippen LogP contribution in [-0.4, -0.2) is 117 Å². The highest BCUT2D eigenvalue weighted by atomic mass is 32.2. The molecule has 5 heterocycles. The van der Waals surface area contributed by atoms with Gasteiger partial charge in [-0.05, 0) is 77.2 Å². The smallest absolute Gasteiger partial charge is 0.277 e. The molecule has 0 saturated carbocycles. The molecule has 4 fully saturated rings. The van der Waals surface area contributed by atoms with E-state index in [-0.39, 0.29) is 46.9 Å². The summed E-state index contributed by atoms with van der Waals surface area (Å²) in [6.45, 7) is 11.9. The van der Waals surface area contributed by atoms with Gasteiger partial charge in [0.25, 0.3) is 16.1 Å². The molecule has 0 radical (unpaired) electrons. The number of anilines is 1. The zero-order valence-corrected chi connectivity index (χ0v) is 28.9. The second-order valence-electron chi connectivity index (χ2n) is 13.8. The minimum Gasteiger partial charge on any atom is -0.451 e. The fourth-order valence-corrected chi connectivity index (χ4v) is 8.51. The SMILES string of the molecule is CCNS(=O)(=O)N[C@@H]1CC[C@@H](CN2CCC3(CC2)CN(c2ncncc2Oc2ccc(F)cc2C(=O)N(C(C)C)[C@@H]2CCOC2)C3)OC1. The molecule has 0 unspecified atom stereocenters. The molecule has 0 bridgehead atoms. The highest BCUT2D eigenvalue weighted by Crippen LogP contribution is 2.45. The molecule has 6 rings (SSSR count). The number of carbonyl (C=O) groups is 1. The normalized spacial score (nSPS) is 24.5. The zero-order chi connectivity index (χ0) is 33.9. The molecule has 4 saturated heterocycles. The zero-order valence-electron chi connectivity index (χ0n) is 28.1. The molecule has 13 nitrogen and oxygen atoms in total. The fourth-order valence-electron chi connectivity index (χ4n) is 7.42. The molecular formula is C33H48FN7O6S. The van der Waals surface area contributed by atoms with Crippen LogP contribution in [0.1, 0.15) is 63.2 Å². The lowest BCUT2D eigenvalue weighted by Crippen LogP contribution is -2.61. The Morgan fingerprint density at radius 3 is 2.62 bits per heavy atom. The maximum absolute atomic E-state index is 14.5. The highest BCUT2D eigenvalue weighted by Gasteiger charge is 2.46. The van der Waals surface area contributed by atoms with Gasteiger partial charge in [0.1, 0.15) is 17.9 Å². The van der Waals surface area contributed by atoms with Crippen molar-refractivity contribution in [2.24, 2.45) is 5.41 Å². The third kappa shape index (κ3) is 8.08. The summed E-state index contributed by atoms with van der Waals surface area (Å²) in [5, 5.41) is 0. The number of ether oxygens (including phenoxy) is 3. The first-order valence-corrected chi connectivity index (χ1v) is 18.6. The van der Waals surface area contributed by atoms with Crippen LogP contribution in [0.15, 0.2) is 30.7 Å².